The number of hydrogen-bond acceptors (Lipinski definition) is 4. The Labute approximate surface area is 187 Å². The van der Waals surface area contributed by atoms with Gasteiger partial charge in [0.15, 0.2) is 0 Å². The van der Waals surface area contributed by atoms with Gasteiger partial charge >= 0.3 is 5.97 Å². The van der Waals surface area contributed by atoms with Crippen LogP contribution in [0.4, 0.5) is 8.78 Å². The number of nitrogens with zero attached hydrogens (tertiary/aromatic N) is 2. The number of fused-ring (bicyclic) bond motifs is 2. The number of hydrogen-bond donors (Lipinski definition) is 1. The molecule has 2 aromatic carbocycles. The monoisotopic (exact) mass is 466 g/mol. The number of sulfone groups is 1. The van der Waals surface area contributed by atoms with Crippen LogP contribution in [0.25, 0.3) is 27.7 Å². The molecule has 0 spiro atoms. The molecule has 0 saturated heterocycles. The van der Waals surface area contributed by atoms with Crippen LogP contribution in [0, 0.1) is 18.6 Å². The van der Waals surface area contributed by atoms with Gasteiger partial charge in [0.05, 0.1) is 16.8 Å². The number of aliphatic carboxylic acids is 1. The molecule has 166 valence electrons. The molecular weight excluding hydrogens is 450 g/mol. The van der Waals surface area contributed by atoms with E-state index >= 15 is 0 Å². The standard InChI is InChI=1S/C24H16F2N2O4S/c1-13-24(18-9-15(25)4-7-21(18)28(13)11-23(29)30)19-12-33(31,32)22-8-14(2-5-17(19)22)20-6-3-16(26)10-27-20/h2-10,12H,11H2,1H3,(H,29,30). The molecule has 1 aliphatic heterocycles. The number of aromatic nitrogens is 2. The SMILES string of the molecule is Cc1c(C2=CS(=O)(=O)c3cc(-c4ccc(F)cn4)ccc32)c2cc(F)ccc2n1CC(=O)O. The summed E-state index contributed by atoms with van der Waals surface area (Å²) in [6.45, 7) is 1.33. The Morgan fingerprint density at radius 2 is 1.82 bits per heavy atom. The van der Waals surface area contributed by atoms with Gasteiger partial charge in [0.2, 0.25) is 9.84 Å². The maximum absolute atomic E-state index is 14.1. The fraction of sp³-hybridized carbons (Fsp3) is 0.0833. The number of carboxylic acids is 1. The zero-order valence-electron chi connectivity index (χ0n) is 17.2. The maximum atomic E-state index is 14.1. The normalized spacial score (nSPS) is 14.3. The topological polar surface area (TPSA) is 89.3 Å². The highest BCUT2D eigenvalue weighted by molar-refractivity contribution is 7.95. The summed E-state index contributed by atoms with van der Waals surface area (Å²) in [5.41, 5.74) is 3.16. The molecule has 9 heteroatoms. The smallest absolute Gasteiger partial charge is 0.323 e. The van der Waals surface area contributed by atoms with Crippen LogP contribution in [0.3, 0.4) is 0 Å². The summed E-state index contributed by atoms with van der Waals surface area (Å²) in [7, 11) is -3.83. The van der Waals surface area contributed by atoms with E-state index in [9.17, 15) is 27.1 Å². The Morgan fingerprint density at radius 3 is 2.52 bits per heavy atom. The maximum Gasteiger partial charge on any atom is 0.323 e. The average Bonchev–Trinajstić information content (AvgIpc) is 3.17. The van der Waals surface area contributed by atoms with Gasteiger partial charge < -0.3 is 9.67 Å². The van der Waals surface area contributed by atoms with Gasteiger partial charge in [0, 0.05) is 44.3 Å². The third-order valence-corrected chi connectivity index (χ3v) is 7.22. The Kier molecular flexibility index (Phi) is 4.68. The van der Waals surface area contributed by atoms with E-state index in [4.69, 9.17) is 0 Å². The van der Waals surface area contributed by atoms with Gasteiger partial charge in [-0.25, -0.2) is 17.2 Å². The molecular formula is C24H16F2N2O4S. The minimum Gasteiger partial charge on any atom is -0.480 e. The van der Waals surface area contributed by atoms with E-state index in [1.807, 2.05) is 0 Å². The van der Waals surface area contributed by atoms with E-state index in [2.05, 4.69) is 4.98 Å². The summed E-state index contributed by atoms with van der Waals surface area (Å²) < 4.78 is 55.0. The van der Waals surface area contributed by atoms with Crippen LogP contribution >= 0.6 is 0 Å². The van der Waals surface area contributed by atoms with Crippen LogP contribution in [-0.2, 0) is 21.2 Å². The van der Waals surface area contributed by atoms with Gasteiger partial charge in [0.1, 0.15) is 18.2 Å². The fourth-order valence-electron chi connectivity index (χ4n) is 4.30. The third-order valence-electron chi connectivity index (χ3n) is 5.72. The van der Waals surface area contributed by atoms with E-state index in [0.29, 0.717) is 44.6 Å². The van der Waals surface area contributed by atoms with Crippen molar-refractivity contribution >= 4 is 32.3 Å². The highest BCUT2D eigenvalue weighted by atomic mass is 32.2. The zero-order valence-corrected chi connectivity index (χ0v) is 18.0. The number of carboxylic acid groups (broad SMARTS) is 1. The van der Waals surface area contributed by atoms with Crippen molar-refractivity contribution in [3.8, 4) is 11.3 Å². The molecule has 0 aliphatic carbocycles. The van der Waals surface area contributed by atoms with Crippen molar-refractivity contribution in [2.75, 3.05) is 0 Å². The summed E-state index contributed by atoms with van der Waals surface area (Å²) in [4.78, 5) is 15.5. The van der Waals surface area contributed by atoms with Crippen molar-refractivity contribution in [1.29, 1.82) is 0 Å². The first-order chi connectivity index (χ1) is 15.7. The lowest BCUT2D eigenvalue weighted by Crippen LogP contribution is -2.10. The van der Waals surface area contributed by atoms with Crippen LogP contribution in [0.1, 0.15) is 16.8 Å². The molecule has 0 radical (unpaired) electrons. The van der Waals surface area contributed by atoms with Gasteiger partial charge in [-0.05, 0) is 43.3 Å². The average molecular weight is 466 g/mol. The molecule has 4 aromatic rings. The largest absolute Gasteiger partial charge is 0.480 e. The molecule has 0 atom stereocenters. The summed E-state index contributed by atoms with van der Waals surface area (Å²) >= 11 is 0. The van der Waals surface area contributed by atoms with Crippen LogP contribution < -0.4 is 0 Å². The molecule has 6 nitrogen and oxygen atoms in total. The predicted molar refractivity (Wildman–Crippen MR) is 118 cm³/mol. The number of halogens is 2. The lowest BCUT2D eigenvalue weighted by Gasteiger charge is -2.09. The number of benzene rings is 2. The number of pyridine rings is 1. The molecule has 1 N–H and O–H groups in total. The van der Waals surface area contributed by atoms with Crippen molar-refractivity contribution in [3.63, 3.8) is 0 Å². The minimum absolute atomic E-state index is 0.0519. The van der Waals surface area contributed by atoms with E-state index in [0.717, 1.165) is 11.6 Å². The summed E-state index contributed by atoms with van der Waals surface area (Å²) in [6.07, 6.45) is 1.05. The first-order valence-corrected chi connectivity index (χ1v) is 11.4. The molecule has 0 unspecified atom stereocenters. The Morgan fingerprint density at radius 1 is 1.06 bits per heavy atom. The summed E-state index contributed by atoms with van der Waals surface area (Å²) in [6, 6.07) is 11.5. The third kappa shape index (κ3) is 3.41. The molecule has 0 fully saturated rings. The zero-order chi connectivity index (χ0) is 23.5. The summed E-state index contributed by atoms with van der Waals surface area (Å²) in [5, 5.41) is 10.9. The van der Waals surface area contributed by atoms with Gasteiger partial charge in [-0.2, -0.15) is 0 Å². The quantitative estimate of drug-likeness (QED) is 0.477. The second kappa shape index (κ2) is 7.35. The molecule has 2 aromatic heterocycles. The van der Waals surface area contributed by atoms with Crippen LogP contribution in [0.15, 0.2) is 65.0 Å². The lowest BCUT2D eigenvalue weighted by molar-refractivity contribution is -0.137. The second-order valence-corrected chi connectivity index (χ2v) is 9.52. The summed E-state index contributed by atoms with van der Waals surface area (Å²) in [5.74, 6) is -2.09. The molecule has 3 heterocycles. The molecule has 1 aliphatic rings. The molecule has 5 rings (SSSR count). The fourth-order valence-corrected chi connectivity index (χ4v) is 5.75. The highest BCUT2D eigenvalue weighted by Crippen LogP contribution is 2.43. The molecule has 0 bridgehead atoms. The molecule has 33 heavy (non-hydrogen) atoms. The number of carbonyl (C=O) groups is 1. The number of rotatable bonds is 4. The van der Waals surface area contributed by atoms with Crippen molar-refractivity contribution < 1.29 is 27.1 Å². The highest BCUT2D eigenvalue weighted by Gasteiger charge is 2.31. The van der Waals surface area contributed by atoms with E-state index in [-0.39, 0.29) is 11.4 Å². The van der Waals surface area contributed by atoms with E-state index in [1.165, 1.54) is 41.0 Å². The predicted octanol–water partition coefficient (Wildman–Crippen LogP) is 4.55. The van der Waals surface area contributed by atoms with Crippen LogP contribution in [-0.4, -0.2) is 29.0 Å². The lowest BCUT2D eigenvalue weighted by atomic mass is 9.95. The Hall–Kier alpha value is -3.85. The van der Waals surface area contributed by atoms with Crippen LogP contribution in [0.2, 0.25) is 0 Å². The molecule has 0 saturated carbocycles. The second-order valence-electron chi connectivity index (χ2n) is 7.75. The van der Waals surface area contributed by atoms with Crippen molar-refractivity contribution in [2.24, 2.45) is 0 Å². The Balaban J connectivity index is 1.73. The van der Waals surface area contributed by atoms with Gasteiger partial charge in [-0.15, -0.1) is 0 Å². The van der Waals surface area contributed by atoms with Crippen molar-refractivity contribution in [1.82, 2.24) is 9.55 Å². The van der Waals surface area contributed by atoms with E-state index in [1.54, 1.807) is 19.1 Å². The minimum atomic E-state index is -3.83. The van der Waals surface area contributed by atoms with E-state index < -0.39 is 27.4 Å². The molecule has 0 amide bonds. The first kappa shape index (κ1) is 21.0. The van der Waals surface area contributed by atoms with Crippen LogP contribution in [0.5, 0.6) is 0 Å². The van der Waals surface area contributed by atoms with Crippen molar-refractivity contribution in [3.05, 3.63) is 88.6 Å². The van der Waals surface area contributed by atoms with Gasteiger partial charge in [-0.1, -0.05) is 12.1 Å². The first-order valence-electron chi connectivity index (χ1n) is 9.89. The van der Waals surface area contributed by atoms with Gasteiger partial charge in [0.25, 0.3) is 0 Å². The van der Waals surface area contributed by atoms with Gasteiger partial charge in [-0.3, -0.25) is 9.78 Å². The Bertz CT molecular complexity index is 1600. The van der Waals surface area contributed by atoms with Crippen molar-refractivity contribution in [2.45, 2.75) is 18.4 Å².